The Labute approximate surface area is 162 Å². The maximum atomic E-state index is 12.5. The number of anilines is 1. The second-order valence-corrected chi connectivity index (χ2v) is 6.60. The van der Waals surface area contributed by atoms with Crippen LogP contribution >= 0.6 is 0 Å². The zero-order valence-corrected chi connectivity index (χ0v) is 15.9. The monoisotopic (exact) mass is 385 g/mol. The van der Waals surface area contributed by atoms with Crippen LogP contribution in [0.5, 0.6) is 5.75 Å². The van der Waals surface area contributed by atoms with E-state index in [0.717, 1.165) is 0 Å². The van der Waals surface area contributed by atoms with E-state index in [4.69, 9.17) is 4.74 Å². The number of pyridine rings is 1. The number of carbonyl (C=O) groups excluding carboxylic acids is 2. The second kappa shape index (κ2) is 9.50. The van der Waals surface area contributed by atoms with Crippen LogP contribution in [0.15, 0.2) is 42.7 Å². The summed E-state index contributed by atoms with van der Waals surface area (Å²) in [4.78, 5) is 40.1. The van der Waals surface area contributed by atoms with Gasteiger partial charge in [0.05, 0.1) is 18.4 Å². The number of nitrogens with zero attached hydrogens (tertiary/aromatic N) is 1. The maximum absolute atomic E-state index is 12.5. The first kappa shape index (κ1) is 20.9. The van der Waals surface area contributed by atoms with Crippen LogP contribution in [0.4, 0.5) is 5.69 Å². The molecular weight excluding hydrogens is 362 g/mol. The summed E-state index contributed by atoms with van der Waals surface area (Å²) in [6.45, 7) is 3.75. The molecule has 0 radical (unpaired) electrons. The minimum Gasteiger partial charge on any atom is -0.495 e. The number of nitrogens with one attached hydrogen (secondary N) is 2. The van der Waals surface area contributed by atoms with Gasteiger partial charge in [-0.1, -0.05) is 13.8 Å². The molecule has 8 nitrogen and oxygen atoms in total. The van der Waals surface area contributed by atoms with Gasteiger partial charge >= 0.3 is 5.97 Å². The van der Waals surface area contributed by atoms with Gasteiger partial charge in [0.25, 0.3) is 11.8 Å². The lowest BCUT2D eigenvalue weighted by atomic mass is 10.0. The topological polar surface area (TPSA) is 118 Å². The summed E-state index contributed by atoms with van der Waals surface area (Å²) in [6.07, 6.45) is 3.28. The molecule has 28 heavy (non-hydrogen) atoms. The van der Waals surface area contributed by atoms with Gasteiger partial charge in [-0.25, -0.2) is 4.79 Å². The molecule has 0 saturated heterocycles. The number of carboxylic acids is 1. The largest absolute Gasteiger partial charge is 0.495 e. The van der Waals surface area contributed by atoms with Crippen LogP contribution in [0.1, 0.15) is 41.0 Å². The molecule has 0 fully saturated rings. The van der Waals surface area contributed by atoms with Crippen LogP contribution < -0.4 is 15.4 Å². The fourth-order valence-corrected chi connectivity index (χ4v) is 2.57. The third-order valence-electron chi connectivity index (χ3n) is 3.94. The Morgan fingerprint density at radius 1 is 1.14 bits per heavy atom. The lowest BCUT2D eigenvalue weighted by molar-refractivity contribution is -0.139. The smallest absolute Gasteiger partial charge is 0.326 e. The van der Waals surface area contributed by atoms with Gasteiger partial charge in [-0.3, -0.25) is 14.6 Å². The van der Waals surface area contributed by atoms with Crippen LogP contribution in [0.3, 0.4) is 0 Å². The molecule has 0 aliphatic rings. The number of ether oxygens (including phenoxy) is 1. The van der Waals surface area contributed by atoms with Crippen molar-refractivity contribution in [1.29, 1.82) is 0 Å². The summed E-state index contributed by atoms with van der Waals surface area (Å²) >= 11 is 0. The zero-order valence-electron chi connectivity index (χ0n) is 15.9. The summed E-state index contributed by atoms with van der Waals surface area (Å²) < 4.78 is 5.23. The molecule has 3 N–H and O–H groups in total. The predicted molar refractivity (Wildman–Crippen MR) is 104 cm³/mol. The SMILES string of the molecule is COc1ccc(C(=O)NC(CC(C)C)C(=O)O)cc1NC(=O)c1cccnc1. The van der Waals surface area contributed by atoms with E-state index in [1.807, 2.05) is 13.8 Å². The van der Waals surface area contributed by atoms with Crippen molar-refractivity contribution in [3.63, 3.8) is 0 Å². The van der Waals surface area contributed by atoms with Gasteiger partial charge in [0, 0.05) is 18.0 Å². The van der Waals surface area contributed by atoms with Gasteiger partial charge in [0.2, 0.25) is 0 Å². The number of carboxylic acid groups (broad SMARTS) is 1. The van der Waals surface area contributed by atoms with Gasteiger partial charge < -0.3 is 20.5 Å². The summed E-state index contributed by atoms with van der Waals surface area (Å²) in [5, 5.41) is 14.5. The van der Waals surface area contributed by atoms with E-state index < -0.39 is 23.8 Å². The molecule has 0 spiro atoms. The molecule has 0 bridgehead atoms. The number of methoxy groups -OCH3 is 1. The van der Waals surface area contributed by atoms with Crippen molar-refractivity contribution >= 4 is 23.5 Å². The van der Waals surface area contributed by atoms with Gasteiger partial charge in [-0.2, -0.15) is 0 Å². The molecule has 1 aromatic heterocycles. The van der Waals surface area contributed by atoms with Crippen molar-refractivity contribution in [3.05, 3.63) is 53.9 Å². The van der Waals surface area contributed by atoms with Crippen LogP contribution in [-0.2, 0) is 4.79 Å². The van der Waals surface area contributed by atoms with Crippen molar-refractivity contribution in [2.24, 2.45) is 5.92 Å². The molecule has 2 amide bonds. The first-order valence-electron chi connectivity index (χ1n) is 8.75. The van der Waals surface area contributed by atoms with Crippen molar-refractivity contribution in [2.75, 3.05) is 12.4 Å². The molecule has 1 atom stereocenters. The van der Waals surface area contributed by atoms with E-state index in [1.165, 1.54) is 31.5 Å². The average Bonchev–Trinajstić information content (AvgIpc) is 2.67. The van der Waals surface area contributed by atoms with Crippen molar-refractivity contribution in [2.45, 2.75) is 26.3 Å². The van der Waals surface area contributed by atoms with Crippen LogP contribution in [0.25, 0.3) is 0 Å². The molecule has 1 heterocycles. The minimum atomic E-state index is -1.10. The maximum Gasteiger partial charge on any atom is 0.326 e. The first-order chi connectivity index (χ1) is 13.3. The number of rotatable bonds is 8. The number of aromatic nitrogens is 1. The third-order valence-corrected chi connectivity index (χ3v) is 3.94. The highest BCUT2D eigenvalue weighted by Crippen LogP contribution is 2.26. The summed E-state index contributed by atoms with van der Waals surface area (Å²) in [6, 6.07) is 6.72. The quantitative estimate of drug-likeness (QED) is 0.643. The lowest BCUT2D eigenvalue weighted by Crippen LogP contribution is -2.41. The average molecular weight is 385 g/mol. The summed E-state index contributed by atoms with van der Waals surface area (Å²) in [5.74, 6) is -1.59. The third kappa shape index (κ3) is 5.54. The Hall–Kier alpha value is -3.42. The molecule has 1 aromatic carbocycles. The standard InChI is InChI=1S/C20H23N3O5/c1-12(2)9-16(20(26)27)23-18(24)13-6-7-17(28-3)15(10-13)22-19(25)14-5-4-8-21-11-14/h4-8,10-12,16H,9H2,1-3H3,(H,22,25)(H,23,24)(H,26,27). The molecule has 2 aromatic rings. The van der Waals surface area contributed by atoms with Crippen molar-refractivity contribution < 1.29 is 24.2 Å². The Balaban J connectivity index is 2.22. The van der Waals surface area contributed by atoms with E-state index in [2.05, 4.69) is 15.6 Å². The number of aliphatic carboxylic acids is 1. The Bertz CT molecular complexity index is 852. The van der Waals surface area contributed by atoms with Gasteiger partial charge in [-0.05, 0) is 42.7 Å². The Morgan fingerprint density at radius 2 is 1.89 bits per heavy atom. The minimum absolute atomic E-state index is 0.103. The lowest BCUT2D eigenvalue weighted by Gasteiger charge is -2.17. The highest BCUT2D eigenvalue weighted by molar-refractivity contribution is 6.06. The van der Waals surface area contributed by atoms with Crippen molar-refractivity contribution in [1.82, 2.24) is 10.3 Å². The van der Waals surface area contributed by atoms with Crippen LogP contribution in [-0.4, -0.2) is 41.0 Å². The van der Waals surface area contributed by atoms with Gasteiger partial charge in [0.1, 0.15) is 11.8 Å². The highest BCUT2D eigenvalue weighted by atomic mass is 16.5. The Morgan fingerprint density at radius 3 is 2.46 bits per heavy atom. The molecule has 0 saturated carbocycles. The first-order valence-corrected chi connectivity index (χ1v) is 8.75. The fraction of sp³-hybridized carbons (Fsp3) is 0.300. The van der Waals surface area contributed by atoms with E-state index in [1.54, 1.807) is 18.3 Å². The highest BCUT2D eigenvalue weighted by Gasteiger charge is 2.22. The number of benzene rings is 1. The van der Waals surface area contributed by atoms with E-state index in [-0.39, 0.29) is 11.5 Å². The molecule has 0 aliphatic carbocycles. The molecule has 2 rings (SSSR count). The normalized spacial score (nSPS) is 11.6. The Kier molecular flexibility index (Phi) is 7.08. The van der Waals surface area contributed by atoms with Gasteiger partial charge in [0.15, 0.2) is 0 Å². The second-order valence-electron chi connectivity index (χ2n) is 6.60. The number of amides is 2. The molecule has 8 heteroatoms. The molecule has 0 aliphatic heterocycles. The van der Waals surface area contributed by atoms with E-state index in [9.17, 15) is 19.5 Å². The zero-order chi connectivity index (χ0) is 20.7. The number of hydrogen-bond donors (Lipinski definition) is 3. The summed E-state index contributed by atoms with van der Waals surface area (Å²) in [7, 11) is 1.44. The van der Waals surface area contributed by atoms with E-state index >= 15 is 0 Å². The molecule has 148 valence electrons. The van der Waals surface area contributed by atoms with Crippen molar-refractivity contribution in [3.8, 4) is 5.75 Å². The summed E-state index contributed by atoms with van der Waals surface area (Å²) in [5.41, 5.74) is 0.847. The van der Waals surface area contributed by atoms with Crippen LogP contribution in [0, 0.1) is 5.92 Å². The number of hydrogen-bond acceptors (Lipinski definition) is 5. The fourth-order valence-electron chi connectivity index (χ4n) is 2.57. The molecular formula is C20H23N3O5. The van der Waals surface area contributed by atoms with Crippen LogP contribution in [0.2, 0.25) is 0 Å². The van der Waals surface area contributed by atoms with Gasteiger partial charge in [-0.15, -0.1) is 0 Å². The number of carbonyl (C=O) groups is 3. The molecule has 1 unspecified atom stereocenters. The van der Waals surface area contributed by atoms with E-state index in [0.29, 0.717) is 23.4 Å². The predicted octanol–water partition coefficient (Wildman–Crippen LogP) is 2.57.